The molecule has 134 valence electrons. The van der Waals surface area contributed by atoms with Gasteiger partial charge in [0.2, 0.25) is 0 Å². The van der Waals surface area contributed by atoms with Gasteiger partial charge in [0.05, 0.1) is 16.8 Å². The summed E-state index contributed by atoms with van der Waals surface area (Å²) in [6.45, 7) is 2.79. The van der Waals surface area contributed by atoms with Crippen molar-refractivity contribution in [2.45, 2.75) is 23.0 Å². The van der Waals surface area contributed by atoms with Crippen LogP contribution < -0.4 is 5.73 Å². The molecule has 0 amide bonds. The molecule has 1 aliphatic rings. The maximum atomic E-state index is 13.3. The molecule has 3 rings (SSSR count). The summed E-state index contributed by atoms with van der Waals surface area (Å²) >= 11 is 0. The normalized spacial score (nSPS) is 25.7. The van der Waals surface area contributed by atoms with E-state index in [4.69, 9.17) is 10.5 Å². The lowest BCUT2D eigenvalue weighted by Crippen LogP contribution is -2.29. The Morgan fingerprint density at radius 1 is 1.12 bits per heavy atom. The first-order valence-corrected chi connectivity index (χ1v) is 9.84. The number of halogens is 1. The fourth-order valence-electron chi connectivity index (χ4n) is 3.64. The van der Waals surface area contributed by atoms with E-state index in [0.29, 0.717) is 6.61 Å². The maximum Gasteiger partial charge on any atom is 0.182 e. The van der Waals surface area contributed by atoms with E-state index < -0.39 is 20.5 Å². The molecule has 0 aliphatic heterocycles. The first-order chi connectivity index (χ1) is 12.0. The summed E-state index contributed by atoms with van der Waals surface area (Å²) in [6, 6.07) is 14.3. The standard InChI is InChI=1S/C19H22FNO3S/c1-2-24-13-19(12-21)17(14-8-10-15(20)11-9-14)18(19)25(22,23)16-6-4-3-5-7-16/h3-11,17-18H,2,12-13,21H2,1H3/t17-,18-,19-/m1/s1. The zero-order valence-electron chi connectivity index (χ0n) is 14.1. The van der Waals surface area contributed by atoms with Gasteiger partial charge in [-0.2, -0.15) is 0 Å². The lowest BCUT2D eigenvalue weighted by atomic mass is 10.00. The van der Waals surface area contributed by atoms with Crippen LogP contribution in [0.15, 0.2) is 59.5 Å². The molecule has 0 heterocycles. The highest BCUT2D eigenvalue weighted by Gasteiger charge is 2.70. The molecule has 6 heteroatoms. The van der Waals surface area contributed by atoms with Gasteiger partial charge in [-0.1, -0.05) is 30.3 Å². The van der Waals surface area contributed by atoms with E-state index in [9.17, 15) is 12.8 Å². The summed E-state index contributed by atoms with van der Waals surface area (Å²) in [5, 5.41) is -0.676. The molecule has 25 heavy (non-hydrogen) atoms. The van der Waals surface area contributed by atoms with Crippen molar-refractivity contribution < 1.29 is 17.5 Å². The molecule has 0 saturated heterocycles. The molecule has 1 saturated carbocycles. The number of nitrogens with two attached hydrogens (primary N) is 1. The number of benzene rings is 2. The predicted octanol–water partition coefficient (Wildman–Crippen LogP) is 2.75. The van der Waals surface area contributed by atoms with E-state index in [1.54, 1.807) is 42.5 Å². The van der Waals surface area contributed by atoms with Crippen molar-refractivity contribution in [1.82, 2.24) is 0 Å². The van der Waals surface area contributed by atoms with Crippen LogP contribution in [0.1, 0.15) is 18.4 Å². The van der Waals surface area contributed by atoms with E-state index in [0.717, 1.165) is 5.56 Å². The van der Waals surface area contributed by atoms with Crippen molar-refractivity contribution in [3.8, 4) is 0 Å². The Morgan fingerprint density at radius 3 is 2.32 bits per heavy atom. The van der Waals surface area contributed by atoms with Gasteiger partial charge in [0.15, 0.2) is 9.84 Å². The highest BCUT2D eigenvalue weighted by molar-refractivity contribution is 7.92. The lowest BCUT2D eigenvalue weighted by molar-refractivity contribution is 0.101. The average molecular weight is 363 g/mol. The van der Waals surface area contributed by atoms with E-state index in [1.165, 1.54) is 12.1 Å². The smallest absolute Gasteiger partial charge is 0.182 e. The summed E-state index contributed by atoms with van der Waals surface area (Å²) in [4.78, 5) is 0.277. The average Bonchev–Trinajstić information content (AvgIpc) is 3.31. The van der Waals surface area contributed by atoms with Crippen LogP contribution in [0.5, 0.6) is 0 Å². The van der Waals surface area contributed by atoms with Crippen LogP contribution >= 0.6 is 0 Å². The molecular weight excluding hydrogens is 341 g/mol. The first kappa shape index (κ1) is 18.0. The Hall–Kier alpha value is -1.76. The van der Waals surface area contributed by atoms with Gasteiger partial charge < -0.3 is 10.5 Å². The molecule has 2 N–H and O–H groups in total. The summed E-state index contributed by atoms with van der Waals surface area (Å²) in [7, 11) is -3.58. The SMILES string of the molecule is CCOC[C@]1(CN)[C@H](c2ccc(F)cc2)[C@H]1S(=O)(=O)c1ccccc1. The largest absolute Gasteiger partial charge is 0.381 e. The van der Waals surface area contributed by atoms with Gasteiger partial charge in [0.25, 0.3) is 0 Å². The topological polar surface area (TPSA) is 69.4 Å². The van der Waals surface area contributed by atoms with E-state index in [2.05, 4.69) is 0 Å². The van der Waals surface area contributed by atoms with Gasteiger partial charge in [0, 0.05) is 24.5 Å². The fourth-order valence-corrected chi connectivity index (χ4v) is 6.11. The van der Waals surface area contributed by atoms with Crippen LogP contribution in [0.25, 0.3) is 0 Å². The van der Waals surface area contributed by atoms with Crippen LogP contribution in [0.4, 0.5) is 4.39 Å². The third-order valence-corrected chi connectivity index (χ3v) is 7.31. The minimum absolute atomic E-state index is 0.186. The first-order valence-electron chi connectivity index (χ1n) is 8.29. The van der Waals surface area contributed by atoms with Crippen LogP contribution in [0.3, 0.4) is 0 Å². The summed E-state index contributed by atoms with van der Waals surface area (Å²) in [5.41, 5.74) is 6.10. The van der Waals surface area contributed by atoms with Crippen molar-refractivity contribution >= 4 is 9.84 Å². The molecule has 0 spiro atoms. The zero-order chi connectivity index (χ0) is 18.1. The van der Waals surface area contributed by atoms with Gasteiger partial charge in [-0.25, -0.2) is 12.8 Å². The van der Waals surface area contributed by atoms with Gasteiger partial charge in [-0.3, -0.25) is 0 Å². The number of sulfone groups is 1. The molecular formula is C19H22FNO3S. The third-order valence-electron chi connectivity index (χ3n) is 4.97. The van der Waals surface area contributed by atoms with Gasteiger partial charge in [-0.15, -0.1) is 0 Å². The molecule has 2 aromatic rings. The Balaban J connectivity index is 2.04. The molecule has 0 unspecified atom stereocenters. The van der Waals surface area contributed by atoms with Crippen LogP contribution in [-0.4, -0.2) is 33.4 Å². The molecule has 3 atom stereocenters. The van der Waals surface area contributed by atoms with Crippen LogP contribution in [-0.2, 0) is 14.6 Å². The monoisotopic (exact) mass is 363 g/mol. The van der Waals surface area contributed by atoms with Crippen LogP contribution in [0.2, 0.25) is 0 Å². The third kappa shape index (κ3) is 3.10. The van der Waals surface area contributed by atoms with E-state index in [-0.39, 0.29) is 29.8 Å². The van der Waals surface area contributed by atoms with Gasteiger partial charge in [-0.05, 0) is 36.8 Å². The highest BCUT2D eigenvalue weighted by atomic mass is 32.2. The Bertz CT molecular complexity index is 824. The molecule has 1 aliphatic carbocycles. The maximum absolute atomic E-state index is 13.3. The second-order valence-electron chi connectivity index (χ2n) is 6.38. The molecule has 0 aromatic heterocycles. The summed E-state index contributed by atoms with van der Waals surface area (Å²) in [6.07, 6.45) is 0. The molecule has 0 bridgehead atoms. The second-order valence-corrected chi connectivity index (χ2v) is 8.45. The molecule has 4 nitrogen and oxygen atoms in total. The minimum atomic E-state index is -3.58. The van der Waals surface area contributed by atoms with E-state index >= 15 is 0 Å². The van der Waals surface area contributed by atoms with E-state index in [1.807, 2.05) is 6.92 Å². The Kier molecular flexibility index (Phi) is 4.95. The van der Waals surface area contributed by atoms with Crippen molar-refractivity contribution in [2.24, 2.45) is 11.1 Å². The lowest BCUT2D eigenvalue weighted by Gasteiger charge is -2.16. The van der Waals surface area contributed by atoms with Crippen molar-refractivity contribution in [3.05, 3.63) is 66.0 Å². The zero-order valence-corrected chi connectivity index (χ0v) is 14.9. The fraction of sp³-hybridized carbons (Fsp3) is 0.368. The molecule has 0 radical (unpaired) electrons. The Labute approximate surface area is 147 Å². The van der Waals surface area contributed by atoms with Crippen molar-refractivity contribution in [2.75, 3.05) is 19.8 Å². The Morgan fingerprint density at radius 2 is 1.76 bits per heavy atom. The summed E-state index contributed by atoms with van der Waals surface area (Å²) < 4.78 is 45.2. The second kappa shape index (κ2) is 6.86. The number of hydrogen-bond acceptors (Lipinski definition) is 4. The number of hydrogen-bond donors (Lipinski definition) is 1. The van der Waals surface area contributed by atoms with Crippen molar-refractivity contribution in [1.29, 1.82) is 0 Å². The number of rotatable bonds is 7. The molecule has 1 fully saturated rings. The van der Waals surface area contributed by atoms with Gasteiger partial charge in [0.1, 0.15) is 5.82 Å². The predicted molar refractivity (Wildman–Crippen MR) is 94.5 cm³/mol. The summed E-state index contributed by atoms with van der Waals surface area (Å²) in [5.74, 6) is -0.662. The quantitative estimate of drug-likeness (QED) is 0.821. The highest BCUT2D eigenvalue weighted by Crippen LogP contribution is 2.63. The van der Waals surface area contributed by atoms with Crippen LogP contribution in [0, 0.1) is 11.2 Å². The minimum Gasteiger partial charge on any atom is -0.381 e. The van der Waals surface area contributed by atoms with Crippen molar-refractivity contribution in [3.63, 3.8) is 0 Å². The number of ether oxygens (including phenoxy) is 1. The van der Waals surface area contributed by atoms with Gasteiger partial charge >= 0.3 is 0 Å². The molecule has 2 aromatic carbocycles.